The smallest absolute Gasteiger partial charge is 0.134 e. The number of rotatable bonds is 2. The third kappa shape index (κ3) is 1.57. The predicted molar refractivity (Wildman–Crippen MR) is 52.8 cm³/mol. The van der Waals surface area contributed by atoms with Crippen LogP contribution in [-0.4, -0.2) is 5.78 Å². The molecule has 0 N–H and O–H groups in total. The van der Waals surface area contributed by atoms with Crippen LogP contribution in [0.3, 0.4) is 0 Å². The largest absolute Gasteiger partial charge is 0.300 e. The number of ketones is 1. The summed E-state index contributed by atoms with van der Waals surface area (Å²) in [7, 11) is 0. The van der Waals surface area contributed by atoms with Crippen LogP contribution in [-0.2, 0) is 24.1 Å². The number of carbonyl (C=O) groups is 1. The molecule has 2 rings (SSSR count). The summed E-state index contributed by atoms with van der Waals surface area (Å²) in [4.78, 5) is 10.9. The number of hydrogen-bond acceptors (Lipinski definition) is 1. The minimum atomic E-state index is -0.143. The topological polar surface area (TPSA) is 17.1 Å². The van der Waals surface area contributed by atoms with Gasteiger partial charge in [0.05, 0.1) is 0 Å². The van der Waals surface area contributed by atoms with Gasteiger partial charge in [0.15, 0.2) is 0 Å². The summed E-state index contributed by atoms with van der Waals surface area (Å²) in [5, 5.41) is 0. The van der Waals surface area contributed by atoms with E-state index < -0.39 is 0 Å². The van der Waals surface area contributed by atoms with Gasteiger partial charge in [0.1, 0.15) is 11.6 Å². The van der Waals surface area contributed by atoms with E-state index in [9.17, 15) is 9.18 Å². The second kappa shape index (κ2) is 3.52. The van der Waals surface area contributed by atoms with Crippen molar-refractivity contribution in [1.82, 2.24) is 0 Å². The highest BCUT2D eigenvalue weighted by Gasteiger charge is 2.18. The van der Waals surface area contributed by atoms with Crippen molar-refractivity contribution >= 4 is 5.78 Å². The molecule has 0 saturated carbocycles. The molecule has 1 aliphatic carbocycles. The van der Waals surface area contributed by atoms with Crippen LogP contribution in [0.25, 0.3) is 0 Å². The summed E-state index contributed by atoms with van der Waals surface area (Å²) in [6.07, 6.45) is 3.06. The van der Waals surface area contributed by atoms with Gasteiger partial charge in [0.25, 0.3) is 0 Å². The minimum absolute atomic E-state index is 0.0156. The first-order valence-electron chi connectivity index (χ1n) is 4.97. The zero-order valence-corrected chi connectivity index (χ0v) is 8.27. The van der Waals surface area contributed by atoms with Crippen molar-refractivity contribution in [2.75, 3.05) is 0 Å². The van der Waals surface area contributed by atoms with Gasteiger partial charge < -0.3 is 0 Å². The van der Waals surface area contributed by atoms with E-state index in [1.54, 1.807) is 6.07 Å². The van der Waals surface area contributed by atoms with Gasteiger partial charge in [-0.3, -0.25) is 4.79 Å². The van der Waals surface area contributed by atoms with Crippen molar-refractivity contribution in [2.24, 2.45) is 0 Å². The van der Waals surface area contributed by atoms with E-state index in [1.807, 2.05) is 6.07 Å². The van der Waals surface area contributed by atoms with Crippen LogP contribution in [0, 0.1) is 5.82 Å². The second-order valence-corrected chi connectivity index (χ2v) is 3.91. The van der Waals surface area contributed by atoms with Gasteiger partial charge >= 0.3 is 0 Å². The maximum atomic E-state index is 13.8. The van der Waals surface area contributed by atoms with Crippen molar-refractivity contribution in [1.29, 1.82) is 0 Å². The summed E-state index contributed by atoms with van der Waals surface area (Å²) >= 11 is 0. The van der Waals surface area contributed by atoms with E-state index in [4.69, 9.17) is 0 Å². The quantitative estimate of drug-likeness (QED) is 0.703. The van der Waals surface area contributed by atoms with Crippen molar-refractivity contribution in [3.63, 3.8) is 0 Å². The summed E-state index contributed by atoms with van der Waals surface area (Å²) in [6, 6.07) is 3.71. The molecular weight excluding hydrogens is 179 g/mol. The lowest BCUT2D eigenvalue weighted by Gasteiger charge is -2.05. The van der Waals surface area contributed by atoms with Gasteiger partial charge in [-0.15, -0.1) is 0 Å². The fraction of sp³-hybridized carbons (Fsp3) is 0.417. The normalized spacial score (nSPS) is 14.1. The summed E-state index contributed by atoms with van der Waals surface area (Å²) in [5.41, 5.74) is 2.51. The van der Waals surface area contributed by atoms with Crippen molar-refractivity contribution in [2.45, 2.75) is 32.6 Å². The Morgan fingerprint density at radius 3 is 2.93 bits per heavy atom. The fourth-order valence-corrected chi connectivity index (χ4v) is 2.07. The maximum Gasteiger partial charge on any atom is 0.134 e. The zero-order valence-electron chi connectivity index (χ0n) is 8.27. The summed E-state index contributed by atoms with van der Waals surface area (Å²) in [6.45, 7) is 1.49. The molecule has 0 amide bonds. The Balaban J connectivity index is 2.39. The summed E-state index contributed by atoms with van der Waals surface area (Å²) in [5.74, 6) is -0.128. The Morgan fingerprint density at radius 1 is 1.43 bits per heavy atom. The molecule has 0 radical (unpaired) electrons. The molecule has 0 atom stereocenters. The van der Waals surface area contributed by atoms with Crippen molar-refractivity contribution in [3.05, 3.63) is 34.6 Å². The number of hydrogen-bond donors (Lipinski definition) is 0. The monoisotopic (exact) mass is 192 g/mol. The minimum Gasteiger partial charge on any atom is -0.300 e. The molecule has 0 unspecified atom stereocenters. The predicted octanol–water partition coefficient (Wildman–Crippen LogP) is 2.45. The highest BCUT2D eigenvalue weighted by Crippen LogP contribution is 2.26. The molecular formula is C12H13FO. The molecule has 0 spiro atoms. The van der Waals surface area contributed by atoms with Crippen LogP contribution in [0.4, 0.5) is 4.39 Å². The molecule has 2 heteroatoms. The lowest BCUT2D eigenvalue weighted by Crippen LogP contribution is -2.02. The van der Waals surface area contributed by atoms with E-state index in [1.165, 1.54) is 6.92 Å². The number of halogens is 1. The average Bonchev–Trinajstić information content (AvgIpc) is 2.57. The van der Waals surface area contributed by atoms with E-state index in [2.05, 4.69) is 0 Å². The third-order valence-corrected chi connectivity index (χ3v) is 2.73. The number of benzene rings is 1. The fourth-order valence-electron chi connectivity index (χ4n) is 2.07. The molecule has 0 fully saturated rings. The number of carbonyl (C=O) groups excluding carboxylic acids is 1. The molecule has 1 nitrogen and oxygen atoms in total. The molecule has 0 heterocycles. The number of fused-ring (bicyclic) bond motifs is 1. The Kier molecular flexibility index (Phi) is 2.36. The van der Waals surface area contributed by atoms with E-state index in [0.29, 0.717) is 5.56 Å². The Hall–Kier alpha value is -1.18. The van der Waals surface area contributed by atoms with Gasteiger partial charge in [-0.25, -0.2) is 4.39 Å². The van der Waals surface area contributed by atoms with Crippen LogP contribution in [0.15, 0.2) is 12.1 Å². The first kappa shape index (κ1) is 9.38. The van der Waals surface area contributed by atoms with Crippen molar-refractivity contribution in [3.8, 4) is 0 Å². The van der Waals surface area contributed by atoms with Crippen LogP contribution >= 0.6 is 0 Å². The highest BCUT2D eigenvalue weighted by molar-refractivity contribution is 5.78. The molecule has 0 aromatic heterocycles. The molecule has 0 aliphatic heterocycles. The molecule has 1 aromatic carbocycles. The second-order valence-electron chi connectivity index (χ2n) is 3.91. The standard InChI is InChI=1S/C12H13FO/c1-8(14)7-10-6-5-9-3-2-4-11(9)12(10)13/h5-6H,2-4,7H2,1H3. The first-order valence-corrected chi connectivity index (χ1v) is 4.97. The van der Waals surface area contributed by atoms with Gasteiger partial charge in [-0.2, -0.15) is 0 Å². The average molecular weight is 192 g/mol. The zero-order chi connectivity index (χ0) is 10.1. The molecule has 14 heavy (non-hydrogen) atoms. The van der Waals surface area contributed by atoms with Gasteiger partial charge in [-0.05, 0) is 42.9 Å². The van der Waals surface area contributed by atoms with Crippen LogP contribution in [0.1, 0.15) is 30.0 Å². The molecule has 74 valence electrons. The van der Waals surface area contributed by atoms with Crippen LogP contribution < -0.4 is 0 Å². The Bertz CT molecular complexity index is 382. The van der Waals surface area contributed by atoms with Crippen LogP contribution in [0.5, 0.6) is 0 Å². The SMILES string of the molecule is CC(=O)Cc1ccc2c(c1F)CCC2. The molecule has 1 aromatic rings. The van der Waals surface area contributed by atoms with E-state index >= 15 is 0 Å². The third-order valence-electron chi connectivity index (χ3n) is 2.73. The highest BCUT2D eigenvalue weighted by atomic mass is 19.1. The lowest BCUT2D eigenvalue weighted by atomic mass is 10.0. The Labute approximate surface area is 82.9 Å². The van der Waals surface area contributed by atoms with E-state index in [-0.39, 0.29) is 18.0 Å². The molecule has 1 aliphatic rings. The summed E-state index contributed by atoms with van der Waals surface area (Å²) < 4.78 is 13.8. The van der Waals surface area contributed by atoms with Gasteiger partial charge in [0, 0.05) is 6.42 Å². The first-order chi connectivity index (χ1) is 6.68. The molecule has 0 saturated heterocycles. The lowest BCUT2D eigenvalue weighted by molar-refractivity contribution is -0.116. The maximum absolute atomic E-state index is 13.8. The van der Waals surface area contributed by atoms with E-state index in [0.717, 1.165) is 30.4 Å². The van der Waals surface area contributed by atoms with Crippen LogP contribution in [0.2, 0.25) is 0 Å². The van der Waals surface area contributed by atoms with Crippen molar-refractivity contribution < 1.29 is 9.18 Å². The number of aryl methyl sites for hydroxylation is 1. The molecule has 0 bridgehead atoms. The van der Waals surface area contributed by atoms with Gasteiger partial charge in [0.2, 0.25) is 0 Å². The number of Topliss-reactive ketones (excluding diaryl/α,β-unsaturated/α-hetero) is 1. The van der Waals surface area contributed by atoms with Gasteiger partial charge in [-0.1, -0.05) is 12.1 Å². The Morgan fingerprint density at radius 2 is 2.21 bits per heavy atom.